The number of nitrogens with two attached hydrogens (primary N) is 3. The van der Waals surface area contributed by atoms with E-state index in [-0.39, 0.29) is 34.8 Å². The fourth-order valence-corrected chi connectivity index (χ4v) is 5.91. The lowest BCUT2D eigenvalue weighted by Crippen LogP contribution is -2.71. The van der Waals surface area contributed by atoms with Crippen LogP contribution in [0.25, 0.3) is 5.65 Å². The van der Waals surface area contributed by atoms with Gasteiger partial charge in [-0.2, -0.15) is 22.5 Å². The van der Waals surface area contributed by atoms with Crippen molar-refractivity contribution in [2.24, 2.45) is 5.16 Å². The number of nitrogens with one attached hydrogen (secondary N) is 1. The van der Waals surface area contributed by atoms with Crippen molar-refractivity contribution in [2.75, 3.05) is 29.6 Å². The van der Waals surface area contributed by atoms with Crippen molar-refractivity contribution in [2.45, 2.75) is 24.1 Å². The zero-order valence-electron chi connectivity index (χ0n) is 20.4. The van der Waals surface area contributed by atoms with Crippen molar-refractivity contribution in [3.8, 4) is 0 Å². The molecule has 3 aromatic heterocycles. The van der Waals surface area contributed by atoms with Gasteiger partial charge in [-0.3, -0.25) is 14.5 Å². The molecule has 1 saturated heterocycles. The maximum Gasteiger partial charge on any atom is 0.425 e. The van der Waals surface area contributed by atoms with E-state index in [9.17, 15) is 32.7 Å². The van der Waals surface area contributed by atoms with Crippen molar-refractivity contribution >= 4 is 69.2 Å². The van der Waals surface area contributed by atoms with Crippen LogP contribution in [-0.2, 0) is 25.8 Å². The molecule has 7 N–H and O–H groups in total. The summed E-state index contributed by atoms with van der Waals surface area (Å²) in [7, 11) is 0. The number of fused-ring (bicyclic) bond motifs is 2. The maximum absolute atomic E-state index is 13.1. The number of imidazole rings is 1. The maximum atomic E-state index is 13.1. The summed E-state index contributed by atoms with van der Waals surface area (Å²) in [5.41, 5.74) is 16.9. The number of hydrogen-bond donors (Lipinski definition) is 4. The molecule has 5 rings (SSSR count). The van der Waals surface area contributed by atoms with E-state index in [2.05, 4.69) is 29.8 Å². The molecule has 41 heavy (non-hydrogen) atoms. The van der Waals surface area contributed by atoms with Gasteiger partial charge in [0.1, 0.15) is 18.0 Å². The molecule has 0 unspecified atom stereocenters. The van der Waals surface area contributed by atoms with Crippen molar-refractivity contribution in [1.82, 2.24) is 29.2 Å². The highest BCUT2D eigenvalue weighted by atomic mass is 32.2. The van der Waals surface area contributed by atoms with Gasteiger partial charge in [0.25, 0.3) is 17.6 Å². The standard InChI is InChI=1S/C20H18F3N11O5S2/c21-20(22,23)6-39-30-11(14-28-19(26)41-31-14)15(35)27-12-16(36)33-13(18(37)38)7(5-40-17(12)33)3-32-4-9(25)34-10(32)2-1-8(24)29-34/h1-2,4,12,17H,3,5-6H2,(H7-,24,25,26,27,28,29,31,35,37,38)/b30-11-/t12-,17-/m1/s1. The number of anilines is 3. The van der Waals surface area contributed by atoms with E-state index in [1.807, 2.05) is 0 Å². The van der Waals surface area contributed by atoms with Gasteiger partial charge in [0.05, 0.1) is 11.7 Å². The molecule has 2 aliphatic rings. The third kappa shape index (κ3) is 5.39. The number of thioether (sulfide) groups is 1. The highest BCUT2D eigenvalue weighted by Gasteiger charge is 2.53. The molecule has 16 nitrogen and oxygen atoms in total. The number of nitrogen functional groups attached to an aromatic ring is 3. The first kappa shape index (κ1) is 27.9. The molecule has 21 heteroatoms. The first-order valence-corrected chi connectivity index (χ1v) is 13.1. The fraction of sp³-hybridized carbons (Fsp3) is 0.300. The third-order valence-electron chi connectivity index (χ3n) is 5.80. The average Bonchev–Trinajstić information content (AvgIpc) is 3.46. The van der Waals surface area contributed by atoms with E-state index in [0.717, 1.165) is 16.7 Å². The monoisotopic (exact) mass is 613 g/mol. The third-order valence-corrected chi connectivity index (χ3v) is 7.69. The summed E-state index contributed by atoms with van der Waals surface area (Å²) >= 11 is 1.80. The molecule has 216 valence electrons. The fourth-order valence-electron chi connectivity index (χ4n) is 4.14. The molecular weight excluding hydrogens is 595 g/mol. The Labute approximate surface area is 234 Å². The van der Waals surface area contributed by atoms with E-state index in [1.165, 1.54) is 10.7 Å². The molecule has 3 aromatic rings. The molecule has 0 aromatic carbocycles. The smallest absolute Gasteiger partial charge is 0.425 e. The number of amides is 2. The molecular formula is C20H18F3N11O5S2. The van der Waals surface area contributed by atoms with Crippen LogP contribution in [0.1, 0.15) is 5.82 Å². The number of β-lactam (4-membered cyclic amide) rings is 1. The highest BCUT2D eigenvalue weighted by Crippen LogP contribution is 2.40. The minimum Gasteiger partial charge on any atom is -0.543 e. The SMILES string of the molecule is Nc1ccc2n(n1)c(N)c[n+]2CC1=C(C(=O)[O-])N2C(=O)[C@@H](NC(=O)/C(=N\OCC(F)(F)F)c3nsc(N)n3)[C@H]2SC1. The summed E-state index contributed by atoms with van der Waals surface area (Å²) in [5, 5.41) is 20.8. The van der Waals surface area contributed by atoms with Crippen molar-refractivity contribution in [3.05, 3.63) is 35.4 Å². The van der Waals surface area contributed by atoms with E-state index < -0.39 is 53.5 Å². The van der Waals surface area contributed by atoms with Crippen LogP contribution < -0.4 is 32.2 Å². The number of alkyl halides is 3. The number of carboxylic acid groups (broad SMARTS) is 1. The largest absolute Gasteiger partial charge is 0.543 e. The number of carboxylic acids is 1. The van der Waals surface area contributed by atoms with Crippen LogP contribution in [0.3, 0.4) is 0 Å². The lowest BCUT2D eigenvalue weighted by Gasteiger charge is -2.50. The number of aliphatic carboxylic acids is 1. The summed E-state index contributed by atoms with van der Waals surface area (Å²) in [4.78, 5) is 47.1. The van der Waals surface area contributed by atoms with E-state index in [0.29, 0.717) is 22.8 Å². The number of hydrogen-bond acceptors (Lipinski definition) is 14. The number of rotatable bonds is 8. The van der Waals surface area contributed by atoms with Crippen LogP contribution in [0, 0.1) is 0 Å². The highest BCUT2D eigenvalue weighted by molar-refractivity contribution is 8.00. The van der Waals surface area contributed by atoms with Gasteiger partial charge in [0.2, 0.25) is 18.1 Å². The Kier molecular flexibility index (Phi) is 7.07. The van der Waals surface area contributed by atoms with Gasteiger partial charge >= 0.3 is 11.8 Å². The molecule has 0 spiro atoms. The molecule has 5 heterocycles. The summed E-state index contributed by atoms with van der Waals surface area (Å²) < 4.78 is 44.3. The second kappa shape index (κ2) is 10.4. The zero-order chi connectivity index (χ0) is 29.6. The van der Waals surface area contributed by atoms with Crippen molar-refractivity contribution < 1.29 is 42.1 Å². The molecule has 0 aliphatic carbocycles. The Morgan fingerprint density at radius 2 is 2.05 bits per heavy atom. The second-order valence-corrected chi connectivity index (χ2v) is 10.5. The van der Waals surface area contributed by atoms with Gasteiger partial charge in [0.15, 0.2) is 17.1 Å². The lowest BCUT2D eigenvalue weighted by molar-refractivity contribution is -0.662. The molecule has 0 saturated carbocycles. The molecule has 2 aliphatic heterocycles. The number of carbonyl (C=O) groups excluding carboxylic acids is 3. The van der Waals surface area contributed by atoms with Crippen LogP contribution >= 0.6 is 23.3 Å². The van der Waals surface area contributed by atoms with Gasteiger partial charge in [-0.25, -0.2) is 4.57 Å². The minimum absolute atomic E-state index is 0.0143. The number of aromatic nitrogens is 5. The Balaban J connectivity index is 1.37. The summed E-state index contributed by atoms with van der Waals surface area (Å²) in [6.07, 6.45) is -3.21. The van der Waals surface area contributed by atoms with Crippen LogP contribution in [-0.4, -0.2) is 77.3 Å². The van der Waals surface area contributed by atoms with Gasteiger partial charge in [-0.15, -0.1) is 11.8 Å². The summed E-state index contributed by atoms with van der Waals surface area (Å²) in [5.74, 6) is -3.40. The minimum atomic E-state index is -4.74. The van der Waals surface area contributed by atoms with Crippen LogP contribution in [0.15, 0.2) is 34.8 Å². The lowest BCUT2D eigenvalue weighted by atomic mass is 10.0. The summed E-state index contributed by atoms with van der Waals surface area (Å²) in [6, 6.07) is 1.93. The average molecular weight is 614 g/mol. The van der Waals surface area contributed by atoms with E-state index in [4.69, 9.17) is 17.2 Å². The van der Waals surface area contributed by atoms with Crippen LogP contribution in [0.5, 0.6) is 0 Å². The first-order chi connectivity index (χ1) is 19.3. The second-order valence-electron chi connectivity index (χ2n) is 8.60. The van der Waals surface area contributed by atoms with E-state index >= 15 is 0 Å². The zero-order valence-corrected chi connectivity index (χ0v) is 22.0. The number of nitrogens with zero attached hydrogens (tertiary/aromatic N) is 7. The van der Waals surface area contributed by atoms with Gasteiger partial charge in [-0.05, 0) is 6.07 Å². The quantitative estimate of drug-likeness (QED) is 0.0901. The number of oxime groups is 1. The van der Waals surface area contributed by atoms with Gasteiger partial charge < -0.3 is 37.3 Å². The Morgan fingerprint density at radius 1 is 1.29 bits per heavy atom. The molecule has 2 amide bonds. The number of halogens is 3. The molecule has 2 atom stereocenters. The number of carbonyl (C=O) groups is 3. The Bertz CT molecular complexity index is 1640. The van der Waals surface area contributed by atoms with Crippen LogP contribution in [0.4, 0.5) is 29.9 Å². The van der Waals surface area contributed by atoms with Crippen molar-refractivity contribution in [1.29, 1.82) is 0 Å². The van der Waals surface area contributed by atoms with Crippen LogP contribution in [0.2, 0.25) is 0 Å². The topological polar surface area (TPSA) is 236 Å². The van der Waals surface area contributed by atoms with Gasteiger partial charge in [0, 0.05) is 28.9 Å². The molecule has 1 fully saturated rings. The normalized spacial score (nSPS) is 19.2. The van der Waals surface area contributed by atoms with E-state index in [1.54, 1.807) is 16.7 Å². The Hall–Kier alpha value is -4.66. The predicted octanol–water partition coefficient (Wildman–Crippen LogP) is -2.39. The molecule has 0 bridgehead atoms. The van der Waals surface area contributed by atoms with Gasteiger partial charge in [-0.1, -0.05) is 14.8 Å². The first-order valence-electron chi connectivity index (χ1n) is 11.3. The Morgan fingerprint density at radius 3 is 2.71 bits per heavy atom. The van der Waals surface area contributed by atoms with Crippen molar-refractivity contribution in [3.63, 3.8) is 0 Å². The molecule has 0 radical (unpaired) electrons. The summed E-state index contributed by atoms with van der Waals surface area (Å²) in [6.45, 7) is -1.79. The predicted molar refractivity (Wildman–Crippen MR) is 134 cm³/mol.